The number of nitrogens with zero attached hydrogens (tertiary/aromatic N) is 1. The lowest BCUT2D eigenvalue weighted by atomic mass is 9.97. The van der Waals surface area contributed by atoms with Crippen molar-refractivity contribution in [1.82, 2.24) is 9.88 Å². The van der Waals surface area contributed by atoms with Crippen LogP contribution in [0.25, 0.3) is 22.0 Å². The summed E-state index contributed by atoms with van der Waals surface area (Å²) in [6.07, 6.45) is 7.30. The van der Waals surface area contributed by atoms with Crippen molar-refractivity contribution < 1.29 is 0 Å². The highest BCUT2D eigenvalue weighted by Crippen LogP contribution is 2.36. The maximum absolute atomic E-state index is 3.82. The van der Waals surface area contributed by atoms with Gasteiger partial charge in [0.15, 0.2) is 0 Å². The molecule has 3 aromatic rings. The molecule has 0 amide bonds. The van der Waals surface area contributed by atoms with Gasteiger partial charge in [-0.25, -0.2) is 0 Å². The molecule has 0 saturated carbocycles. The van der Waals surface area contributed by atoms with Gasteiger partial charge in [-0.1, -0.05) is 24.3 Å². The molecule has 2 fully saturated rings. The zero-order valence-electron chi connectivity index (χ0n) is 14.7. The van der Waals surface area contributed by atoms with Gasteiger partial charge in [-0.3, -0.25) is 0 Å². The normalized spacial score (nSPS) is 26.2. The summed E-state index contributed by atoms with van der Waals surface area (Å²) < 4.78 is 0. The van der Waals surface area contributed by atoms with Crippen molar-refractivity contribution in [3.8, 4) is 11.1 Å². The summed E-state index contributed by atoms with van der Waals surface area (Å²) in [7, 11) is 2.30. The molecule has 1 aromatic heterocycles. The summed E-state index contributed by atoms with van der Waals surface area (Å²) in [5.41, 5.74) is 5.03. The fraction of sp³-hybridized carbons (Fsp3) is 0.364. The van der Waals surface area contributed by atoms with Crippen LogP contribution in [0, 0.1) is 0 Å². The number of hydrogen-bond acceptors (Lipinski definition) is 2. The molecular formula is C22H25N3. The highest BCUT2D eigenvalue weighted by molar-refractivity contribution is 5.95. The second-order valence-electron chi connectivity index (χ2n) is 7.69. The Kier molecular flexibility index (Phi) is 3.56. The Balaban J connectivity index is 1.41. The number of fused-ring (bicyclic) bond motifs is 3. The number of aromatic amines is 1. The van der Waals surface area contributed by atoms with Crippen LogP contribution in [0.4, 0.5) is 5.69 Å². The molecule has 0 unspecified atom stereocenters. The number of rotatable bonds is 3. The molecule has 3 atom stereocenters. The fourth-order valence-electron chi connectivity index (χ4n) is 4.88. The van der Waals surface area contributed by atoms with Crippen LogP contribution in [0.15, 0.2) is 54.7 Å². The van der Waals surface area contributed by atoms with Crippen LogP contribution in [0.1, 0.15) is 25.7 Å². The molecule has 2 saturated heterocycles. The lowest BCUT2D eigenvalue weighted by molar-refractivity contribution is 0.169. The highest BCUT2D eigenvalue weighted by atomic mass is 15.2. The van der Waals surface area contributed by atoms with Gasteiger partial charge in [-0.15, -0.1) is 0 Å². The molecule has 128 valence electrons. The number of anilines is 1. The summed E-state index contributed by atoms with van der Waals surface area (Å²) in [5.74, 6) is 0. The van der Waals surface area contributed by atoms with E-state index in [1.54, 1.807) is 0 Å². The van der Waals surface area contributed by atoms with E-state index in [0.29, 0.717) is 6.04 Å². The Labute approximate surface area is 149 Å². The van der Waals surface area contributed by atoms with E-state index in [-0.39, 0.29) is 0 Å². The van der Waals surface area contributed by atoms with E-state index in [9.17, 15) is 0 Å². The van der Waals surface area contributed by atoms with Crippen LogP contribution in [0.5, 0.6) is 0 Å². The number of H-pyrrole nitrogens is 1. The van der Waals surface area contributed by atoms with Crippen LogP contribution >= 0.6 is 0 Å². The molecule has 3 nitrogen and oxygen atoms in total. The van der Waals surface area contributed by atoms with E-state index >= 15 is 0 Å². The van der Waals surface area contributed by atoms with Gasteiger partial charge < -0.3 is 15.2 Å². The first-order valence-electron chi connectivity index (χ1n) is 9.43. The molecule has 3 heterocycles. The maximum Gasteiger partial charge on any atom is 0.0460 e. The van der Waals surface area contributed by atoms with Gasteiger partial charge in [0.05, 0.1) is 0 Å². The van der Waals surface area contributed by atoms with Crippen molar-refractivity contribution in [2.45, 2.75) is 43.8 Å². The molecule has 2 bridgehead atoms. The van der Waals surface area contributed by atoms with Crippen LogP contribution in [0.3, 0.4) is 0 Å². The number of aromatic nitrogens is 1. The molecule has 2 aromatic carbocycles. The first-order chi connectivity index (χ1) is 12.3. The van der Waals surface area contributed by atoms with Gasteiger partial charge in [0.2, 0.25) is 0 Å². The maximum atomic E-state index is 3.82. The number of nitrogens with one attached hydrogen (secondary N) is 2. The first kappa shape index (κ1) is 15.0. The molecule has 0 spiro atoms. The minimum atomic E-state index is 0.604. The van der Waals surface area contributed by atoms with Crippen molar-refractivity contribution >= 4 is 16.6 Å². The minimum absolute atomic E-state index is 0.604. The van der Waals surface area contributed by atoms with Crippen molar-refractivity contribution in [1.29, 1.82) is 0 Å². The smallest absolute Gasteiger partial charge is 0.0460 e. The Morgan fingerprint density at radius 1 is 1.00 bits per heavy atom. The van der Waals surface area contributed by atoms with Crippen molar-refractivity contribution in [2.24, 2.45) is 0 Å². The number of benzene rings is 2. The molecular weight excluding hydrogens is 306 g/mol. The zero-order valence-corrected chi connectivity index (χ0v) is 14.7. The summed E-state index contributed by atoms with van der Waals surface area (Å²) in [5, 5.41) is 5.11. The van der Waals surface area contributed by atoms with Gasteiger partial charge in [-0.2, -0.15) is 0 Å². The second-order valence-corrected chi connectivity index (χ2v) is 7.69. The lowest BCUT2D eigenvalue weighted by Gasteiger charge is -2.37. The van der Waals surface area contributed by atoms with Crippen LogP contribution in [0.2, 0.25) is 0 Å². The molecule has 0 aliphatic carbocycles. The molecule has 2 N–H and O–H groups in total. The predicted molar refractivity (Wildman–Crippen MR) is 105 cm³/mol. The second kappa shape index (κ2) is 5.92. The molecule has 2 aliphatic rings. The zero-order chi connectivity index (χ0) is 16.8. The Hall–Kier alpha value is -2.26. The third-order valence-corrected chi connectivity index (χ3v) is 6.24. The van der Waals surface area contributed by atoms with E-state index in [2.05, 4.69) is 70.8 Å². The van der Waals surface area contributed by atoms with Crippen LogP contribution < -0.4 is 5.32 Å². The molecule has 3 heteroatoms. The average molecular weight is 331 g/mol. The van der Waals surface area contributed by atoms with Gasteiger partial charge in [0, 0.05) is 40.9 Å². The lowest BCUT2D eigenvalue weighted by Crippen LogP contribution is -2.44. The Morgan fingerprint density at radius 2 is 1.80 bits per heavy atom. The van der Waals surface area contributed by atoms with E-state index in [4.69, 9.17) is 0 Å². The fourth-order valence-corrected chi connectivity index (χ4v) is 4.88. The van der Waals surface area contributed by atoms with Gasteiger partial charge in [-0.05, 0) is 68.1 Å². The average Bonchev–Trinajstić information content (AvgIpc) is 3.17. The Bertz CT molecular complexity index is 883. The van der Waals surface area contributed by atoms with Crippen molar-refractivity contribution in [3.63, 3.8) is 0 Å². The van der Waals surface area contributed by atoms with Crippen molar-refractivity contribution in [2.75, 3.05) is 12.4 Å². The van der Waals surface area contributed by atoms with E-state index in [1.165, 1.54) is 53.4 Å². The highest BCUT2D eigenvalue weighted by Gasteiger charge is 2.38. The van der Waals surface area contributed by atoms with Crippen LogP contribution in [-0.4, -0.2) is 35.1 Å². The SMILES string of the molecule is CN1[C@@H]2CC[C@H]1C[C@@H](Nc1cccc(-c3cccc4[nH]ccc34)c1)C2. The summed E-state index contributed by atoms with van der Waals surface area (Å²) in [6.45, 7) is 0. The molecule has 2 aliphatic heterocycles. The number of hydrogen-bond donors (Lipinski definition) is 2. The minimum Gasteiger partial charge on any atom is -0.382 e. The monoisotopic (exact) mass is 331 g/mol. The standard InChI is InChI=1S/C22H25N3/c1-25-18-8-9-19(25)14-17(13-18)24-16-5-2-4-15(12-16)20-6-3-7-22-21(20)10-11-23-22/h2-7,10-12,17-19,23-24H,8-9,13-14H2,1H3/t17-,18+,19-. The summed E-state index contributed by atoms with van der Waals surface area (Å²) in [6, 6.07) is 19.7. The Morgan fingerprint density at radius 3 is 2.64 bits per heavy atom. The van der Waals surface area contributed by atoms with Crippen LogP contribution in [-0.2, 0) is 0 Å². The summed E-state index contributed by atoms with van der Waals surface area (Å²) in [4.78, 5) is 5.91. The molecule has 5 rings (SSSR count). The van der Waals surface area contributed by atoms with E-state index in [0.717, 1.165) is 12.1 Å². The van der Waals surface area contributed by atoms with Gasteiger partial charge in [0.1, 0.15) is 0 Å². The summed E-state index contributed by atoms with van der Waals surface area (Å²) >= 11 is 0. The molecule has 25 heavy (non-hydrogen) atoms. The molecule has 0 radical (unpaired) electrons. The first-order valence-corrected chi connectivity index (χ1v) is 9.43. The van der Waals surface area contributed by atoms with Crippen molar-refractivity contribution in [3.05, 3.63) is 54.7 Å². The van der Waals surface area contributed by atoms with Gasteiger partial charge in [0.25, 0.3) is 0 Å². The topological polar surface area (TPSA) is 31.1 Å². The third kappa shape index (κ3) is 2.63. The van der Waals surface area contributed by atoms with E-state index < -0.39 is 0 Å². The third-order valence-electron chi connectivity index (χ3n) is 6.24. The quantitative estimate of drug-likeness (QED) is 0.717. The predicted octanol–water partition coefficient (Wildman–Crippen LogP) is 4.87. The number of piperidine rings is 1. The largest absolute Gasteiger partial charge is 0.382 e. The van der Waals surface area contributed by atoms with Gasteiger partial charge >= 0.3 is 0 Å². The van der Waals surface area contributed by atoms with E-state index in [1.807, 2.05) is 6.20 Å².